The number of rotatable bonds is 32. The van der Waals surface area contributed by atoms with E-state index in [4.69, 9.17) is 23.8 Å². The lowest BCUT2D eigenvalue weighted by atomic mass is 9.88. The van der Waals surface area contributed by atoms with Gasteiger partial charge in [0.25, 0.3) is 5.91 Å². The summed E-state index contributed by atoms with van der Waals surface area (Å²) in [6.07, 6.45) is 2.49. The average molecular weight is 1620 g/mol. The van der Waals surface area contributed by atoms with Crippen LogP contribution in [0.2, 0.25) is 0 Å². The number of fused-ring (bicyclic) bond motifs is 5. The number of phosphoric ester groups is 2. The van der Waals surface area contributed by atoms with Crippen molar-refractivity contribution < 1.29 is 117 Å². The number of nitrogen functional groups attached to an aromatic ring is 1. The number of anilines is 2. The number of hydrogen-bond acceptors (Lipinski definition) is 25. The van der Waals surface area contributed by atoms with Crippen LogP contribution >= 0.6 is 31.3 Å². The number of carboxylic acids is 2. The smallest absolute Gasteiger partial charge is 0.490 e. The average Bonchev–Trinajstić information content (AvgIpc) is 1.02. The number of nitrogens with one attached hydrogen (secondary N) is 4. The molecule has 588 valence electrons. The maximum Gasteiger partial charge on any atom is 0.490 e. The summed E-state index contributed by atoms with van der Waals surface area (Å²) in [6.45, 7) is 0.955. The second kappa shape index (κ2) is 34.8. The number of aromatic carboxylic acids is 2. The van der Waals surface area contributed by atoms with Crippen LogP contribution in [-0.2, 0) is 72.4 Å². The van der Waals surface area contributed by atoms with Crippen LogP contribution in [0.4, 0.5) is 11.5 Å². The number of nitrogens with two attached hydrogens (primary N) is 1. The largest absolute Gasteiger partial charge is 0.507 e. The summed E-state index contributed by atoms with van der Waals surface area (Å²) in [5.74, 6) is 1.07. The van der Waals surface area contributed by atoms with E-state index < -0.39 is 98.4 Å². The third-order valence-corrected chi connectivity index (χ3v) is 23.6. The fourth-order valence-corrected chi connectivity index (χ4v) is 17.3. The van der Waals surface area contributed by atoms with E-state index in [1.165, 1.54) is 54.9 Å². The van der Waals surface area contributed by atoms with Gasteiger partial charge in [-0.2, -0.15) is 12.9 Å². The van der Waals surface area contributed by atoms with Crippen molar-refractivity contribution in [3.05, 3.63) is 165 Å². The zero-order valence-corrected chi connectivity index (χ0v) is 63.6. The number of aromatic nitrogens is 3. The quantitative estimate of drug-likeness (QED) is 0.00807. The van der Waals surface area contributed by atoms with E-state index in [2.05, 4.69) is 65.5 Å². The van der Waals surface area contributed by atoms with Crippen molar-refractivity contribution in [2.45, 2.75) is 83.7 Å². The van der Waals surface area contributed by atoms with Gasteiger partial charge in [-0.15, -0.1) is 0 Å². The van der Waals surface area contributed by atoms with Crippen molar-refractivity contribution in [1.29, 1.82) is 0 Å². The summed E-state index contributed by atoms with van der Waals surface area (Å²) in [6, 6.07) is 26.8. The minimum absolute atomic E-state index is 0.00983. The summed E-state index contributed by atoms with van der Waals surface area (Å²) in [4.78, 5) is 147. The van der Waals surface area contributed by atoms with Gasteiger partial charge in [0.1, 0.15) is 52.5 Å². The molecule has 13 N–H and O–H groups in total. The predicted molar refractivity (Wildman–Crippen MR) is 403 cm³/mol. The first-order valence-electron chi connectivity index (χ1n) is 34.3. The van der Waals surface area contributed by atoms with Crippen molar-refractivity contribution in [2.75, 3.05) is 58.1 Å². The van der Waals surface area contributed by atoms with Crippen LogP contribution in [0.5, 0.6) is 5.75 Å². The Balaban J connectivity index is 0.682. The normalized spacial score (nSPS) is 15.9. The molecule has 1 fully saturated rings. The van der Waals surface area contributed by atoms with E-state index in [0.29, 0.717) is 82.6 Å². The molecule has 2 aliphatic carbocycles. The highest BCUT2D eigenvalue weighted by atomic mass is 31.3. The van der Waals surface area contributed by atoms with Crippen molar-refractivity contribution in [1.82, 2.24) is 35.8 Å². The number of hydrogen-bond donors (Lipinski definition) is 12. The lowest BCUT2D eigenvalue weighted by molar-refractivity contribution is -0.126. The maximum atomic E-state index is 14.3. The van der Waals surface area contributed by atoms with Gasteiger partial charge in [-0.1, -0.05) is 42.5 Å². The number of amides is 4. The second-order valence-corrected chi connectivity index (χ2v) is 31.8. The number of carboxylic acid groups (broad SMARTS) is 2. The van der Waals surface area contributed by atoms with Gasteiger partial charge < -0.3 is 84.9 Å². The fourth-order valence-electron chi connectivity index (χ4n) is 12.6. The number of phenols is 1. The van der Waals surface area contributed by atoms with Gasteiger partial charge in [-0.3, -0.25) is 38.0 Å². The Bertz CT molecular complexity index is 5720. The first-order chi connectivity index (χ1) is 53.2. The monoisotopic (exact) mass is 1620 g/mol. The topological polar surface area (TPSA) is 531 Å². The van der Waals surface area contributed by atoms with Gasteiger partial charge in [0, 0.05) is 116 Å². The van der Waals surface area contributed by atoms with Crippen molar-refractivity contribution in [3.8, 4) is 62.5 Å². The summed E-state index contributed by atoms with van der Waals surface area (Å²) >= 11 is 0. The van der Waals surface area contributed by atoms with E-state index in [0.717, 1.165) is 5.69 Å². The molecule has 0 spiro atoms. The molecule has 6 atom stereocenters. The van der Waals surface area contributed by atoms with Crippen molar-refractivity contribution >= 4 is 111 Å². The number of ether oxygens (including phenoxy) is 1. The van der Waals surface area contributed by atoms with Gasteiger partial charge in [0.05, 0.1) is 70.9 Å². The lowest BCUT2D eigenvalue weighted by Crippen LogP contribution is -2.29. The van der Waals surface area contributed by atoms with Gasteiger partial charge >= 0.3 is 43.2 Å². The van der Waals surface area contributed by atoms with E-state index in [1.807, 2.05) is 50.2 Å². The number of carbonyl (C=O) groups is 6. The highest BCUT2D eigenvalue weighted by Gasteiger charge is 2.46. The SMILES string of the molecule is CCN=c1ccc2c(-c3ccc(C(=O)NCc4c(O)ccc5c(-c6ccccc6C(=O)O)c6ccc(=O)c(CNC(=O)CCC(=O)NCCCCCC(=O)NCC#Cc7cn([C@H]8CC[C@@H](COP(=O)(O)OP(=O)(O)OP(=O)(O)OP(=O)(O)OC)O8)c8ncnc(N)c78)c-6oc45)cc3C(=O)O)c3ccc(N(C)C)cc3oc-2c1. The highest BCUT2D eigenvalue weighted by molar-refractivity contribution is 7.69. The van der Waals surface area contributed by atoms with E-state index in [-0.39, 0.29) is 130 Å². The van der Waals surface area contributed by atoms with Crippen LogP contribution in [0.25, 0.3) is 77.9 Å². The van der Waals surface area contributed by atoms with Gasteiger partial charge in [-0.05, 0) is 110 Å². The number of phenolic OH excluding ortho intramolecular Hbond substituents is 1. The summed E-state index contributed by atoms with van der Waals surface area (Å²) in [7, 11) is -18.3. The minimum atomic E-state index is -5.98. The number of nitrogens with zero attached hydrogens (tertiary/aromatic N) is 5. The Hall–Kier alpha value is -10.8. The molecule has 4 amide bonds. The Morgan fingerprint density at radius 2 is 1.37 bits per heavy atom. The number of benzene rings is 6. The van der Waals surface area contributed by atoms with Gasteiger partial charge in [0.2, 0.25) is 17.7 Å². The van der Waals surface area contributed by atoms with Crippen LogP contribution in [0.3, 0.4) is 0 Å². The highest BCUT2D eigenvalue weighted by Crippen LogP contribution is 2.71. The third kappa shape index (κ3) is 19.5. The van der Waals surface area contributed by atoms with Gasteiger partial charge in [0.15, 0.2) is 5.43 Å². The number of phosphoric acid groups is 4. The molecule has 6 aromatic rings. The molecule has 3 aliphatic heterocycles. The van der Waals surface area contributed by atoms with Crippen LogP contribution in [0.1, 0.15) is 112 Å². The Morgan fingerprint density at radius 3 is 2.10 bits per heavy atom. The Morgan fingerprint density at radius 1 is 0.696 bits per heavy atom. The molecule has 5 aliphatic rings. The second-order valence-electron chi connectivity index (χ2n) is 25.5. The fraction of sp³-hybridized carbons (Fsp3) is 0.278. The zero-order valence-electron chi connectivity index (χ0n) is 60.0. The predicted octanol–water partition coefficient (Wildman–Crippen LogP) is 9.46. The molecule has 0 bridgehead atoms. The zero-order chi connectivity index (χ0) is 80.6. The molecule has 0 saturated carbocycles. The molecular weight excluding hydrogens is 1540 g/mol. The third-order valence-electron chi connectivity index (χ3n) is 17.7. The van der Waals surface area contributed by atoms with Crippen LogP contribution in [-0.4, -0.2) is 139 Å². The lowest BCUT2D eigenvalue weighted by Gasteiger charge is -2.21. The Kier molecular flexibility index (Phi) is 25.6. The molecule has 4 unspecified atom stereocenters. The van der Waals surface area contributed by atoms with E-state index in [1.54, 1.807) is 41.1 Å². The molecule has 112 heavy (non-hydrogen) atoms. The Labute approximate surface area is 635 Å². The van der Waals surface area contributed by atoms with Crippen molar-refractivity contribution in [3.63, 3.8) is 0 Å². The number of aromatic hydroxyl groups is 1. The number of unbranched alkanes of at least 4 members (excludes halogenated alkanes) is 2. The summed E-state index contributed by atoms with van der Waals surface area (Å²) in [5.41, 5.74) is 9.16. The molecule has 5 heterocycles. The molecule has 1 saturated heterocycles. The molecule has 0 radical (unpaired) electrons. The van der Waals surface area contributed by atoms with Crippen molar-refractivity contribution in [2.24, 2.45) is 4.99 Å². The standard InChI is InChI=1S/C72H74N10O26P4/c1-5-74-42-17-21-48-57(33-42)104-58-34-43(81(2)3)18-22-49(58)64(48)46-20-16-40(32-52(46)72(91)92)70(88)78-36-54-56(84)26-24-51-65(45-13-8-9-14-47(45)71(89)90)50-23-25-55(83)53(66(50)105-67(51)54)35-77-61(87)28-27-60(86)75-30-10-6-7-15-59(85)76-31-11-12-41-37-82(69-63(41)68(73)79-39-80-69)62-29-19-44(103-62)38-102-110(95,96)107-112(99,100)108-111(97,98)106-109(93,94)101-4/h8-9,13-14,16-18,20-26,32-34,37,39,44,62,84H,5-7,10,15,19,27-31,35-36,38H2,1-4H3,(H,75,86)(H,76,85)(H,77,87)(H,78,88)(H,89,90)(H,91,92)(H,93,94)(H,95,96)(H,97,98)(H,99,100)(H2,73,79,80)/t44-,62+/m0/s1. The summed E-state index contributed by atoms with van der Waals surface area (Å²) in [5, 5.41) is 45.7. The van der Waals surface area contributed by atoms with Crippen LogP contribution in [0, 0.1) is 11.8 Å². The molecule has 4 aromatic carbocycles. The molecule has 2 aromatic heterocycles. The molecular formula is C72H74N10O26P4. The number of carbonyl (C=O) groups excluding carboxylic acids is 4. The summed E-state index contributed by atoms with van der Waals surface area (Å²) < 4.78 is 88.8. The van der Waals surface area contributed by atoms with Gasteiger partial charge in [-0.25, -0.2) is 37.8 Å². The van der Waals surface area contributed by atoms with Crippen LogP contribution < -0.4 is 42.7 Å². The van der Waals surface area contributed by atoms with Crippen LogP contribution in [0.15, 0.2) is 134 Å². The van der Waals surface area contributed by atoms with E-state index in [9.17, 15) is 86.7 Å². The maximum absolute atomic E-state index is 14.3. The van der Waals surface area contributed by atoms with E-state index >= 15 is 0 Å². The molecule has 36 nitrogen and oxygen atoms in total. The first kappa shape index (κ1) is 82.1. The first-order valence-corrected chi connectivity index (χ1v) is 40.3. The molecule has 40 heteroatoms. The minimum Gasteiger partial charge on any atom is -0.507 e. The molecule has 11 rings (SSSR count).